The van der Waals surface area contributed by atoms with Gasteiger partial charge in [-0.3, -0.25) is 0 Å². The summed E-state index contributed by atoms with van der Waals surface area (Å²) in [6, 6.07) is 33.0. The van der Waals surface area contributed by atoms with Crippen molar-refractivity contribution in [3.05, 3.63) is 114 Å². The fourth-order valence-electron chi connectivity index (χ4n) is 5.12. The van der Waals surface area contributed by atoms with Gasteiger partial charge in [0.15, 0.2) is 0 Å². The molecule has 0 radical (unpaired) electrons. The molecule has 1 aliphatic carbocycles. The van der Waals surface area contributed by atoms with E-state index in [1.165, 1.54) is 49.0 Å². The maximum absolute atomic E-state index is 6.46. The molecule has 0 saturated carbocycles. The average molecular weight is 370 g/mol. The van der Waals surface area contributed by atoms with E-state index in [9.17, 15) is 0 Å². The molecule has 136 valence electrons. The molecule has 1 heteroatoms. The zero-order valence-electron chi connectivity index (χ0n) is 15.8. The van der Waals surface area contributed by atoms with Crippen LogP contribution in [0.5, 0.6) is 0 Å². The molecule has 1 heterocycles. The minimum Gasteiger partial charge on any atom is -0.351 e. The Hall–Kier alpha value is -3.42. The maximum atomic E-state index is 6.46. The summed E-state index contributed by atoms with van der Waals surface area (Å²) >= 11 is 0. The predicted octanol–water partition coefficient (Wildman–Crippen LogP) is 6.82. The van der Waals surface area contributed by atoms with E-state index >= 15 is 0 Å². The molecule has 0 amide bonds. The maximum Gasteiger partial charge on any atom is 0.150 e. The molecule has 5 aromatic carbocycles. The highest BCUT2D eigenvalue weighted by Gasteiger charge is 2.60. The van der Waals surface area contributed by atoms with Crippen molar-refractivity contribution in [3.63, 3.8) is 0 Å². The Morgan fingerprint density at radius 3 is 2.03 bits per heavy atom. The van der Waals surface area contributed by atoms with Gasteiger partial charge in [0.25, 0.3) is 0 Å². The minimum absolute atomic E-state index is 0.105. The first-order chi connectivity index (χ1) is 14.3. The molecule has 2 atom stereocenters. The van der Waals surface area contributed by atoms with Crippen LogP contribution in [-0.2, 0) is 10.3 Å². The first-order valence-corrected chi connectivity index (χ1v) is 10.1. The zero-order chi connectivity index (χ0) is 19.0. The van der Waals surface area contributed by atoms with Crippen molar-refractivity contribution in [1.82, 2.24) is 0 Å². The van der Waals surface area contributed by atoms with Crippen molar-refractivity contribution in [2.75, 3.05) is 0 Å². The van der Waals surface area contributed by atoms with Crippen LogP contribution in [0.3, 0.4) is 0 Å². The van der Waals surface area contributed by atoms with Gasteiger partial charge in [-0.1, -0.05) is 78.9 Å². The van der Waals surface area contributed by atoms with Crippen molar-refractivity contribution in [1.29, 1.82) is 0 Å². The SMILES string of the molecule is C1=CC2OC2(c2cccc3cc4ccccc4cc23)c2cc3ccccc3cc21. The van der Waals surface area contributed by atoms with Crippen molar-refractivity contribution in [2.45, 2.75) is 11.7 Å². The first-order valence-electron chi connectivity index (χ1n) is 10.1. The summed E-state index contributed by atoms with van der Waals surface area (Å²) in [6.45, 7) is 0. The molecule has 1 nitrogen and oxygen atoms in total. The fourth-order valence-corrected chi connectivity index (χ4v) is 5.12. The van der Waals surface area contributed by atoms with Gasteiger partial charge in [0.1, 0.15) is 11.7 Å². The molecular weight excluding hydrogens is 352 g/mol. The average Bonchev–Trinajstić information content (AvgIpc) is 3.52. The van der Waals surface area contributed by atoms with Gasteiger partial charge in [0.2, 0.25) is 0 Å². The standard InChI is InChI=1S/C28H18O/c1-3-8-20-16-24-22(14-18(20)6-1)10-5-11-25(24)28-26-17-21-9-4-2-7-19(21)15-23(26)12-13-27(28)29-28/h1-17,27H. The van der Waals surface area contributed by atoms with Crippen LogP contribution in [0.15, 0.2) is 97.1 Å². The van der Waals surface area contributed by atoms with Crippen LogP contribution < -0.4 is 0 Å². The number of rotatable bonds is 1. The van der Waals surface area contributed by atoms with Gasteiger partial charge in [0, 0.05) is 0 Å². The first kappa shape index (κ1) is 15.5. The third-order valence-corrected chi connectivity index (χ3v) is 6.57. The lowest BCUT2D eigenvalue weighted by atomic mass is 9.79. The summed E-state index contributed by atoms with van der Waals surface area (Å²) < 4.78 is 6.46. The molecule has 1 aliphatic heterocycles. The van der Waals surface area contributed by atoms with E-state index in [0.717, 1.165) is 0 Å². The monoisotopic (exact) mass is 370 g/mol. The van der Waals surface area contributed by atoms with Gasteiger partial charge in [-0.2, -0.15) is 0 Å². The van der Waals surface area contributed by atoms with Crippen LogP contribution in [0.4, 0.5) is 0 Å². The van der Waals surface area contributed by atoms with E-state index in [2.05, 4.69) is 103 Å². The molecular formula is C28H18O. The molecule has 2 aliphatic rings. The quantitative estimate of drug-likeness (QED) is 0.233. The summed E-state index contributed by atoms with van der Waals surface area (Å²) in [5.41, 5.74) is 3.43. The molecule has 1 fully saturated rings. The molecule has 2 unspecified atom stereocenters. The lowest BCUT2D eigenvalue weighted by Crippen LogP contribution is -2.18. The Balaban J connectivity index is 1.54. The Kier molecular flexibility index (Phi) is 2.85. The summed E-state index contributed by atoms with van der Waals surface area (Å²) in [6.07, 6.45) is 4.54. The van der Waals surface area contributed by atoms with Crippen molar-refractivity contribution < 1.29 is 4.74 Å². The normalized spacial score (nSPS) is 22.0. The molecule has 7 rings (SSSR count). The van der Waals surface area contributed by atoms with Gasteiger partial charge >= 0.3 is 0 Å². The highest BCUT2D eigenvalue weighted by atomic mass is 16.6. The number of benzene rings is 5. The second-order valence-corrected chi connectivity index (χ2v) is 8.15. The van der Waals surface area contributed by atoms with E-state index in [1.54, 1.807) is 0 Å². The van der Waals surface area contributed by atoms with E-state index in [-0.39, 0.29) is 11.7 Å². The molecule has 5 aromatic rings. The van der Waals surface area contributed by atoms with Crippen molar-refractivity contribution in [2.24, 2.45) is 0 Å². The lowest BCUT2D eigenvalue weighted by Gasteiger charge is -2.22. The third kappa shape index (κ3) is 2.03. The van der Waals surface area contributed by atoms with Crippen molar-refractivity contribution in [3.8, 4) is 0 Å². The van der Waals surface area contributed by atoms with Gasteiger partial charge in [-0.15, -0.1) is 0 Å². The Bertz CT molecular complexity index is 1490. The number of ether oxygens (including phenoxy) is 1. The van der Waals surface area contributed by atoms with Gasteiger partial charge in [-0.25, -0.2) is 0 Å². The second-order valence-electron chi connectivity index (χ2n) is 8.15. The van der Waals surface area contributed by atoms with Gasteiger partial charge < -0.3 is 4.74 Å². The predicted molar refractivity (Wildman–Crippen MR) is 120 cm³/mol. The van der Waals surface area contributed by atoms with Crippen LogP contribution in [0.1, 0.15) is 16.7 Å². The van der Waals surface area contributed by atoms with Crippen LogP contribution in [0.2, 0.25) is 0 Å². The van der Waals surface area contributed by atoms with E-state index in [0.29, 0.717) is 0 Å². The third-order valence-electron chi connectivity index (χ3n) is 6.57. The van der Waals surface area contributed by atoms with Crippen LogP contribution in [-0.4, -0.2) is 6.10 Å². The lowest BCUT2D eigenvalue weighted by molar-refractivity contribution is 0.340. The van der Waals surface area contributed by atoms with Gasteiger partial charge in [0.05, 0.1) is 0 Å². The van der Waals surface area contributed by atoms with Crippen LogP contribution in [0.25, 0.3) is 38.4 Å². The molecule has 0 bridgehead atoms. The summed E-state index contributed by atoms with van der Waals surface area (Å²) in [7, 11) is 0. The summed E-state index contributed by atoms with van der Waals surface area (Å²) in [5, 5.41) is 7.63. The number of hydrogen-bond acceptors (Lipinski definition) is 1. The smallest absolute Gasteiger partial charge is 0.150 e. The Morgan fingerprint density at radius 2 is 1.24 bits per heavy atom. The van der Waals surface area contributed by atoms with Crippen molar-refractivity contribution >= 4 is 38.4 Å². The second kappa shape index (κ2) is 5.34. The van der Waals surface area contributed by atoms with E-state index in [4.69, 9.17) is 4.74 Å². The van der Waals surface area contributed by atoms with Gasteiger partial charge in [-0.05, 0) is 73.3 Å². The summed E-state index contributed by atoms with van der Waals surface area (Å²) in [4.78, 5) is 0. The van der Waals surface area contributed by atoms with Crippen LogP contribution in [0, 0.1) is 0 Å². The largest absolute Gasteiger partial charge is 0.351 e. The highest BCUT2D eigenvalue weighted by molar-refractivity contribution is 6.01. The number of hydrogen-bond donors (Lipinski definition) is 0. The topological polar surface area (TPSA) is 12.5 Å². The van der Waals surface area contributed by atoms with Crippen LogP contribution >= 0.6 is 0 Å². The molecule has 1 saturated heterocycles. The summed E-state index contributed by atoms with van der Waals surface area (Å²) in [5.74, 6) is 0. The molecule has 0 spiro atoms. The Morgan fingerprint density at radius 1 is 0.586 bits per heavy atom. The zero-order valence-corrected chi connectivity index (χ0v) is 15.8. The Labute approximate surface area is 168 Å². The molecule has 0 aromatic heterocycles. The number of epoxide rings is 1. The fraction of sp³-hybridized carbons (Fsp3) is 0.0714. The number of fused-ring (bicyclic) bond motifs is 6. The minimum atomic E-state index is -0.379. The highest BCUT2D eigenvalue weighted by Crippen LogP contribution is 2.57. The van der Waals surface area contributed by atoms with E-state index in [1.807, 2.05) is 0 Å². The van der Waals surface area contributed by atoms with E-state index < -0.39 is 0 Å². The molecule has 0 N–H and O–H groups in total. The molecule has 29 heavy (non-hydrogen) atoms.